The highest BCUT2D eigenvalue weighted by Crippen LogP contribution is 2.31. The number of benzene rings is 3. The molecule has 1 unspecified atom stereocenters. The second kappa shape index (κ2) is 10.4. The van der Waals surface area contributed by atoms with E-state index in [-0.39, 0.29) is 19.1 Å². The van der Waals surface area contributed by atoms with Gasteiger partial charge in [0.15, 0.2) is 6.04 Å². The van der Waals surface area contributed by atoms with Crippen LogP contribution in [-0.2, 0) is 22.7 Å². The Hall–Kier alpha value is -4.13. The molecule has 0 aromatic heterocycles. The summed E-state index contributed by atoms with van der Waals surface area (Å²) >= 11 is 0. The van der Waals surface area contributed by atoms with Gasteiger partial charge in [-0.15, -0.1) is 0 Å². The minimum atomic E-state index is -1.32. The summed E-state index contributed by atoms with van der Waals surface area (Å²) in [6.45, 7) is 2.13. The summed E-state index contributed by atoms with van der Waals surface area (Å²) in [6.07, 6.45) is 0. The molecule has 0 saturated carbocycles. The average molecular weight is 472 g/mol. The van der Waals surface area contributed by atoms with Gasteiger partial charge in [0.1, 0.15) is 6.04 Å². The Kier molecular flexibility index (Phi) is 7.15. The van der Waals surface area contributed by atoms with Gasteiger partial charge in [-0.05, 0) is 23.6 Å². The van der Waals surface area contributed by atoms with E-state index in [9.17, 15) is 19.5 Å². The summed E-state index contributed by atoms with van der Waals surface area (Å²) in [5, 5.41) is 10.2. The van der Waals surface area contributed by atoms with Gasteiger partial charge in [0.2, 0.25) is 5.91 Å². The molecule has 1 fully saturated rings. The molecule has 0 radical (unpaired) electrons. The zero-order chi connectivity index (χ0) is 24.9. The molecule has 3 aromatic carbocycles. The van der Waals surface area contributed by atoms with Crippen molar-refractivity contribution in [2.45, 2.75) is 38.1 Å². The van der Waals surface area contributed by atoms with Crippen molar-refractivity contribution in [2.75, 3.05) is 7.05 Å². The van der Waals surface area contributed by atoms with Crippen LogP contribution in [0.5, 0.6) is 0 Å². The molecule has 0 aliphatic carbocycles. The molecular formula is C28H29N3O4. The Labute approximate surface area is 205 Å². The van der Waals surface area contributed by atoms with Crippen molar-refractivity contribution in [2.24, 2.45) is 0 Å². The van der Waals surface area contributed by atoms with E-state index in [4.69, 9.17) is 0 Å². The van der Waals surface area contributed by atoms with Gasteiger partial charge in [-0.25, -0.2) is 9.59 Å². The van der Waals surface area contributed by atoms with Gasteiger partial charge >= 0.3 is 12.0 Å². The lowest BCUT2D eigenvalue weighted by atomic mass is 10.0. The molecule has 0 bridgehead atoms. The summed E-state index contributed by atoms with van der Waals surface area (Å²) in [4.78, 5) is 44.2. The van der Waals surface area contributed by atoms with Crippen LogP contribution in [0.25, 0.3) is 0 Å². The van der Waals surface area contributed by atoms with Crippen LogP contribution in [0.3, 0.4) is 0 Å². The van der Waals surface area contributed by atoms with E-state index in [2.05, 4.69) is 0 Å². The maximum Gasteiger partial charge on any atom is 0.329 e. The maximum absolute atomic E-state index is 13.9. The number of carbonyl (C=O) groups excluding carboxylic acids is 2. The highest BCUT2D eigenvalue weighted by Gasteiger charge is 2.54. The first-order valence-corrected chi connectivity index (χ1v) is 11.6. The average Bonchev–Trinajstić information content (AvgIpc) is 3.15. The Morgan fingerprint density at radius 3 is 1.69 bits per heavy atom. The molecule has 7 heteroatoms. The number of urea groups is 1. The summed E-state index contributed by atoms with van der Waals surface area (Å²) in [5.41, 5.74) is 2.55. The van der Waals surface area contributed by atoms with Gasteiger partial charge in [0.05, 0.1) is 6.04 Å². The molecule has 7 nitrogen and oxygen atoms in total. The minimum Gasteiger partial charge on any atom is -0.480 e. The molecule has 0 spiro atoms. The van der Waals surface area contributed by atoms with E-state index in [1.807, 2.05) is 97.9 Å². The Bertz CT molecular complexity index is 1170. The Morgan fingerprint density at radius 2 is 1.23 bits per heavy atom. The number of carbonyl (C=O) groups is 3. The van der Waals surface area contributed by atoms with E-state index in [0.29, 0.717) is 0 Å². The van der Waals surface area contributed by atoms with Crippen molar-refractivity contribution in [1.82, 2.24) is 14.7 Å². The standard InChI is InChI=1S/C28H29N3O4/c1-20(23-16-10-5-11-17-23)29(2)26(32)24-25(27(33)34)31(19-22-14-8-4-9-15-22)28(35)30(24)18-21-12-6-3-7-13-21/h3-17,20,24-25H,18-19H2,1-2H3,(H,33,34)/t20?,24-,25+/m1/s1. The van der Waals surface area contributed by atoms with Gasteiger partial charge in [-0.1, -0.05) is 91.0 Å². The van der Waals surface area contributed by atoms with Crippen LogP contribution in [0.15, 0.2) is 91.0 Å². The number of hydrogen-bond acceptors (Lipinski definition) is 3. The number of likely N-dealkylation sites (N-methyl/N-ethyl adjacent to an activating group) is 1. The first kappa shape index (κ1) is 24.0. The first-order valence-electron chi connectivity index (χ1n) is 11.6. The fourth-order valence-corrected chi connectivity index (χ4v) is 4.53. The quantitative estimate of drug-likeness (QED) is 0.535. The van der Waals surface area contributed by atoms with Crippen LogP contribution in [0.4, 0.5) is 4.79 Å². The number of aliphatic carboxylic acids is 1. The van der Waals surface area contributed by atoms with Crippen molar-refractivity contribution >= 4 is 17.9 Å². The fraction of sp³-hybridized carbons (Fsp3) is 0.250. The molecule has 3 aromatic rings. The molecule has 1 aliphatic heterocycles. The molecule has 1 aliphatic rings. The lowest BCUT2D eigenvalue weighted by Crippen LogP contribution is -2.52. The normalized spacial score (nSPS) is 18.4. The van der Waals surface area contributed by atoms with E-state index in [1.54, 1.807) is 7.05 Å². The van der Waals surface area contributed by atoms with Crippen LogP contribution < -0.4 is 0 Å². The summed E-state index contributed by atoms with van der Waals surface area (Å²) in [5.74, 6) is -1.61. The molecule has 1 N–H and O–H groups in total. The van der Waals surface area contributed by atoms with E-state index in [0.717, 1.165) is 16.7 Å². The predicted molar refractivity (Wildman–Crippen MR) is 132 cm³/mol. The largest absolute Gasteiger partial charge is 0.480 e. The smallest absolute Gasteiger partial charge is 0.329 e. The maximum atomic E-state index is 13.9. The van der Waals surface area contributed by atoms with Crippen molar-refractivity contribution in [1.29, 1.82) is 0 Å². The van der Waals surface area contributed by atoms with E-state index >= 15 is 0 Å². The molecule has 3 atom stereocenters. The number of rotatable bonds is 8. The second-order valence-electron chi connectivity index (χ2n) is 8.77. The van der Waals surface area contributed by atoms with Crippen LogP contribution in [0.2, 0.25) is 0 Å². The Balaban J connectivity index is 1.71. The molecule has 4 rings (SSSR count). The van der Waals surface area contributed by atoms with E-state index < -0.39 is 30.0 Å². The number of hydrogen-bond donors (Lipinski definition) is 1. The zero-order valence-corrected chi connectivity index (χ0v) is 19.8. The molecule has 1 heterocycles. The van der Waals surface area contributed by atoms with Crippen LogP contribution in [0, 0.1) is 0 Å². The van der Waals surface area contributed by atoms with Gasteiger partial charge < -0.3 is 19.8 Å². The summed E-state index contributed by atoms with van der Waals surface area (Å²) < 4.78 is 0. The topological polar surface area (TPSA) is 81.2 Å². The van der Waals surface area contributed by atoms with Gasteiger partial charge in [0.25, 0.3) is 0 Å². The van der Waals surface area contributed by atoms with Crippen molar-refractivity contribution in [3.05, 3.63) is 108 Å². The third-order valence-corrected chi connectivity index (χ3v) is 6.57. The number of nitrogens with zero attached hydrogens (tertiary/aromatic N) is 3. The van der Waals surface area contributed by atoms with E-state index in [1.165, 1.54) is 14.7 Å². The van der Waals surface area contributed by atoms with Gasteiger partial charge in [-0.3, -0.25) is 4.79 Å². The molecular weight excluding hydrogens is 442 g/mol. The van der Waals surface area contributed by atoms with Gasteiger partial charge in [0, 0.05) is 20.1 Å². The summed E-state index contributed by atoms with van der Waals surface area (Å²) in [6, 6.07) is 24.8. The third kappa shape index (κ3) is 5.04. The summed E-state index contributed by atoms with van der Waals surface area (Å²) in [7, 11) is 1.66. The Morgan fingerprint density at radius 1 is 0.800 bits per heavy atom. The minimum absolute atomic E-state index is 0.101. The van der Waals surface area contributed by atoms with Crippen LogP contribution in [0.1, 0.15) is 29.7 Å². The molecule has 180 valence electrons. The lowest BCUT2D eigenvalue weighted by molar-refractivity contribution is -0.148. The second-order valence-corrected chi connectivity index (χ2v) is 8.77. The highest BCUT2D eigenvalue weighted by atomic mass is 16.4. The highest BCUT2D eigenvalue weighted by molar-refractivity contribution is 5.98. The number of carboxylic acid groups (broad SMARTS) is 1. The monoisotopic (exact) mass is 471 g/mol. The molecule has 35 heavy (non-hydrogen) atoms. The van der Waals surface area contributed by atoms with Crippen molar-refractivity contribution < 1.29 is 19.5 Å². The van der Waals surface area contributed by atoms with Crippen molar-refractivity contribution in [3.63, 3.8) is 0 Å². The van der Waals surface area contributed by atoms with Crippen molar-refractivity contribution in [3.8, 4) is 0 Å². The van der Waals surface area contributed by atoms with Crippen LogP contribution >= 0.6 is 0 Å². The fourth-order valence-electron chi connectivity index (χ4n) is 4.53. The lowest BCUT2D eigenvalue weighted by Gasteiger charge is -2.32. The SMILES string of the molecule is CC(c1ccccc1)N(C)C(=O)[C@H]1[C@@H](C(=O)O)N(Cc2ccccc2)C(=O)N1Cc1ccccc1. The zero-order valence-electron chi connectivity index (χ0n) is 19.8. The first-order chi connectivity index (χ1) is 16.9. The third-order valence-electron chi connectivity index (χ3n) is 6.57. The molecule has 3 amide bonds. The van der Waals surface area contributed by atoms with Crippen LogP contribution in [-0.4, -0.2) is 56.8 Å². The van der Waals surface area contributed by atoms with Gasteiger partial charge in [-0.2, -0.15) is 0 Å². The number of amides is 3. The molecule has 1 saturated heterocycles. The number of carboxylic acids is 1. The predicted octanol–water partition coefficient (Wildman–Crippen LogP) is 4.17.